The molecule has 43 heavy (non-hydrogen) atoms. The summed E-state index contributed by atoms with van der Waals surface area (Å²) in [7, 11) is 1.91. The molecule has 13 heteroatoms. The maximum absolute atomic E-state index is 13.5. The number of rotatable bonds is 7. The van der Waals surface area contributed by atoms with Crippen molar-refractivity contribution in [2.24, 2.45) is 0 Å². The number of β-amino-alcohol motifs (C(OH)–C–C–N with tert-alkyl or cyclic N) is 1. The third kappa shape index (κ3) is 5.42. The fraction of sp³-hybridized carbons (Fsp3) is 0.433. The van der Waals surface area contributed by atoms with Crippen LogP contribution in [-0.2, 0) is 11.2 Å². The highest BCUT2D eigenvalue weighted by Crippen LogP contribution is 2.38. The van der Waals surface area contributed by atoms with Crippen LogP contribution in [0.25, 0.3) is 16.9 Å². The van der Waals surface area contributed by atoms with Crippen molar-refractivity contribution in [3.8, 4) is 17.3 Å². The maximum Gasteiger partial charge on any atom is 0.236 e. The molecule has 0 saturated carbocycles. The van der Waals surface area contributed by atoms with Gasteiger partial charge in [-0.05, 0) is 44.5 Å². The Kier molecular flexibility index (Phi) is 7.76. The van der Waals surface area contributed by atoms with Gasteiger partial charge in [0.05, 0.1) is 18.3 Å². The minimum Gasteiger partial charge on any atom is -0.389 e. The van der Waals surface area contributed by atoms with Crippen LogP contribution < -0.4 is 9.80 Å². The average Bonchev–Trinajstić information content (AvgIpc) is 3.58. The summed E-state index contributed by atoms with van der Waals surface area (Å²) in [5.74, 6) is 0.557. The molecule has 0 bridgehead atoms. The first-order valence-corrected chi connectivity index (χ1v) is 15.2. The summed E-state index contributed by atoms with van der Waals surface area (Å²) in [4.78, 5) is 31.0. The first kappa shape index (κ1) is 29.0. The molecule has 2 fully saturated rings. The van der Waals surface area contributed by atoms with Crippen molar-refractivity contribution in [2.75, 3.05) is 56.1 Å². The van der Waals surface area contributed by atoms with Crippen LogP contribution in [0.5, 0.6) is 0 Å². The number of hydrogen-bond acceptors (Lipinski definition) is 10. The van der Waals surface area contributed by atoms with E-state index in [1.54, 1.807) is 17.0 Å². The van der Waals surface area contributed by atoms with Gasteiger partial charge in [-0.3, -0.25) is 9.69 Å². The zero-order valence-electron chi connectivity index (χ0n) is 24.7. The first-order valence-electron chi connectivity index (χ1n) is 14.4. The van der Waals surface area contributed by atoms with Crippen molar-refractivity contribution in [2.45, 2.75) is 39.3 Å². The van der Waals surface area contributed by atoms with Crippen LogP contribution in [0.2, 0.25) is 0 Å². The number of nitrogens with zero attached hydrogens (tertiary/aromatic N) is 9. The van der Waals surface area contributed by atoms with Gasteiger partial charge in [-0.1, -0.05) is 18.3 Å². The molecule has 11 nitrogen and oxygen atoms in total. The monoisotopic (exact) mass is 603 g/mol. The zero-order chi connectivity index (χ0) is 30.4. The number of aliphatic hydroxyl groups is 1. The second-order valence-electron chi connectivity index (χ2n) is 11.2. The minimum atomic E-state index is -0.399. The number of anilines is 3. The van der Waals surface area contributed by atoms with E-state index in [2.05, 4.69) is 22.8 Å². The summed E-state index contributed by atoms with van der Waals surface area (Å²) in [5.41, 5.74) is 4.53. The van der Waals surface area contributed by atoms with E-state index in [-0.39, 0.29) is 17.8 Å². The smallest absolute Gasteiger partial charge is 0.236 e. The van der Waals surface area contributed by atoms with E-state index in [0.29, 0.717) is 53.0 Å². The highest BCUT2D eigenvalue weighted by molar-refractivity contribution is 7.16. The number of aryl methyl sites for hydroxylation is 2. The number of carbonyl (C=O) groups excluding carboxylic acids is 1. The predicted octanol–water partition coefficient (Wildman–Crippen LogP) is 3.22. The van der Waals surface area contributed by atoms with Crippen molar-refractivity contribution in [3.05, 3.63) is 52.4 Å². The fourth-order valence-electron chi connectivity index (χ4n) is 5.72. The quantitative estimate of drug-likeness (QED) is 0.340. The summed E-state index contributed by atoms with van der Waals surface area (Å²) in [6.07, 6.45) is 0.278. The van der Waals surface area contributed by atoms with Crippen LogP contribution in [0.1, 0.15) is 30.1 Å². The van der Waals surface area contributed by atoms with Gasteiger partial charge in [0.1, 0.15) is 34.0 Å². The Morgan fingerprint density at radius 1 is 1.21 bits per heavy atom. The van der Waals surface area contributed by atoms with E-state index in [9.17, 15) is 19.6 Å². The molecule has 1 aromatic carbocycles. The molecule has 4 aromatic rings. The third-order valence-corrected chi connectivity index (χ3v) is 9.27. The topological polar surface area (TPSA) is 117 Å². The van der Waals surface area contributed by atoms with Gasteiger partial charge in [0, 0.05) is 63.1 Å². The van der Waals surface area contributed by atoms with E-state index in [1.165, 1.54) is 23.5 Å². The second kappa shape index (κ2) is 11.5. The number of benzene rings is 1. The Bertz CT molecular complexity index is 1710. The summed E-state index contributed by atoms with van der Waals surface area (Å²) in [6, 6.07) is 10.4. The number of likely N-dealkylation sites (tertiary alicyclic amines) is 1. The number of nitriles is 1. The second-order valence-corrected chi connectivity index (χ2v) is 12.2. The summed E-state index contributed by atoms with van der Waals surface area (Å²) >= 11 is 1.28. The molecule has 6 rings (SSSR count). The molecule has 0 unspecified atom stereocenters. The van der Waals surface area contributed by atoms with Crippen LogP contribution in [0.3, 0.4) is 0 Å². The van der Waals surface area contributed by atoms with Crippen LogP contribution in [0, 0.1) is 24.1 Å². The molecular formula is C30H34FN9O2S. The number of aromatic nitrogens is 4. The van der Waals surface area contributed by atoms with Crippen molar-refractivity contribution < 1.29 is 14.3 Å². The number of piperazine rings is 1. The molecule has 2 saturated heterocycles. The van der Waals surface area contributed by atoms with E-state index in [0.717, 1.165) is 42.5 Å². The minimum absolute atomic E-state index is 0.0596. The number of thiazole rings is 1. The average molecular weight is 604 g/mol. The predicted molar refractivity (Wildman–Crippen MR) is 163 cm³/mol. The molecule has 0 radical (unpaired) electrons. The molecule has 1 amide bonds. The largest absolute Gasteiger partial charge is 0.389 e. The first-order chi connectivity index (χ1) is 20.7. The lowest BCUT2D eigenvalue weighted by Gasteiger charge is -2.42. The highest BCUT2D eigenvalue weighted by Gasteiger charge is 2.33. The van der Waals surface area contributed by atoms with Gasteiger partial charge in [-0.2, -0.15) is 10.4 Å². The lowest BCUT2D eigenvalue weighted by atomic mass is 10.1. The third-order valence-electron chi connectivity index (χ3n) is 8.23. The molecule has 3 aromatic heterocycles. The van der Waals surface area contributed by atoms with E-state index < -0.39 is 6.10 Å². The molecule has 5 heterocycles. The Morgan fingerprint density at radius 2 is 1.95 bits per heavy atom. The van der Waals surface area contributed by atoms with E-state index in [1.807, 2.05) is 36.4 Å². The molecule has 2 aliphatic rings. The Labute approximate surface area is 253 Å². The van der Waals surface area contributed by atoms with Crippen molar-refractivity contribution in [1.29, 1.82) is 5.26 Å². The number of hydrogen-bond donors (Lipinski definition) is 1. The molecular weight excluding hydrogens is 569 g/mol. The molecule has 0 aliphatic carbocycles. The van der Waals surface area contributed by atoms with Gasteiger partial charge in [-0.25, -0.2) is 18.9 Å². The van der Waals surface area contributed by atoms with Gasteiger partial charge < -0.3 is 19.8 Å². The van der Waals surface area contributed by atoms with Crippen LogP contribution >= 0.6 is 11.3 Å². The Hall–Kier alpha value is -4.12. The number of carbonyl (C=O) groups is 1. The molecule has 2 aliphatic heterocycles. The number of aliphatic hydroxyl groups excluding tert-OH is 1. The highest BCUT2D eigenvalue weighted by atomic mass is 32.1. The maximum atomic E-state index is 13.5. The summed E-state index contributed by atoms with van der Waals surface area (Å²) < 4.78 is 15.4. The van der Waals surface area contributed by atoms with E-state index in [4.69, 9.17) is 15.1 Å². The normalized spacial score (nSPS) is 17.7. The molecule has 224 valence electrons. The number of fused-ring (bicyclic) bond motifs is 1. The number of amides is 1. The molecule has 1 atom stereocenters. The van der Waals surface area contributed by atoms with E-state index >= 15 is 0 Å². The van der Waals surface area contributed by atoms with Crippen molar-refractivity contribution in [3.63, 3.8) is 0 Å². The van der Waals surface area contributed by atoms with Gasteiger partial charge in [0.15, 0.2) is 10.8 Å². The van der Waals surface area contributed by atoms with Crippen LogP contribution in [-0.4, -0.2) is 98.9 Å². The van der Waals surface area contributed by atoms with Gasteiger partial charge in [0.2, 0.25) is 5.91 Å². The lowest BCUT2D eigenvalue weighted by molar-refractivity contribution is -0.143. The molecule has 1 N–H and O–H groups in total. The van der Waals surface area contributed by atoms with Gasteiger partial charge >= 0.3 is 0 Å². The van der Waals surface area contributed by atoms with Crippen molar-refractivity contribution in [1.82, 2.24) is 29.4 Å². The SMILES string of the molecule is CCc1nn2c(C)cc(N3CCN(CC(=O)N4CC(O)C4)[C@H](C)C3)nc2c1N(C)c1nc(-c2ccc(F)cc2)c(C#N)s1. The summed E-state index contributed by atoms with van der Waals surface area (Å²) in [5, 5.41) is 24.9. The zero-order valence-corrected chi connectivity index (χ0v) is 25.5. The number of halogens is 1. The van der Waals surface area contributed by atoms with Gasteiger partial charge in [0.25, 0.3) is 0 Å². The molecule has 0 spiro atoms. The van der Waals surface area contributed by atoms with Crippen LogP contribution in [0.15, 0.2) is 30.3 Å². The van der Waals surface area contributed by atoms with Gasteiger partial charge in [-0.15, -0.1) is 0 Å². The Morgan fingerprint density at radius 3 is 2.60 bits per heavy atom. The van der Waals surface area contributed by atoms with Crippen molar-refractivity contribution >= 4 is 39.5 Å². The Balaban J connectivity index is 1.28. The van der Waals surface area contributed by atoms with Crippen LogP contribution in [0.4, 0.5) is 21.0 Å². The lowest BCUT2D eigenvalue weighted by Crippen LogP contribution is -2.59. The summed E-state index contributed by atoms with van der Waals surface area (Å²) in [6.45, 7) is 9.54. The standard InChI is InChI=1S/C30H34FN9O2S/c1-5-23-28(36(4)30-34-27(24(13-32)43-30)20-6-8-21(31)9-7-20)29-33-25(12-18(2)40(29)35-23)38-11-10-37(19(3)14-38)17-26(42)39-15-22(41)16-39/h6-9,12,19,22,41H,5,10-11,14-17H2,1-4H3/t19-/m1/s1. The fourth-order valence-corrected chi connectivity index (χ4v) is 6.58.